The first kappa shape index (κ1) is 15.6. The van der Waals surface area contributed by atoms with Gasteiger partial charge in [-0.2, -0.15) is 5.26 Å². The molecule has 2 aromatic carbocycles. The average molecular weight is 321 g/mol. The third kappa shape index (κ3) is 3.23. The fraction of sp³-hybridized carbons (Fsp3) is 0.250. The molecule has 1 aromatic heterocycles. The summed E-state index contributed by atoms with van der Waals surface area (Å²) in [5.41, 5.74) is 2.56. The highest BCUT2D eigenvalue weighted by atomic mass is 32.1. The van der Waals surface area contributed by atoms with Crippen molar-refractivity contribution in [2.24, 2.45) is 0 Å². The summed E-state index contributed by atoms with van der Waals surface area (Å²) in [6, 6.07) is 18.7. The van der Waals surface area contributed by atoms with Gasteiger partial charge < -0.3 is 4.74 Å². The lowest BCUT2D eigenvalue weighted by Crippen LogP contribution is -2.10. The number of nitrogens with zero attached hydrogens (tertiary/aromatic N) is 1. The molecule has 0 saturated carbocycles. The molecule has 0 saturated heterocycles. The number of rotatable bonds is 3. The number of fused-ring (bicyclic) bond motifs is 1. The van der Waals surface area contributed by atoms with Gasteiger partial charge in [-0.15, -0.1) is 11.3 Å². The Morgan fingerprint density at radius 2 is 1.74 bits per heavy atom. The number of benzene rings is 2. The fourth-order valence-electron chi connectivity index (χ4n) is 2.50. The Labute approximate surface area is 141 Å². The molecule has 3 heteroatoms. The second-order valence-electron chi connectivity index (χ2n) is 6.60. The quantitative estimate of drug-likeness (QED) is 0.624. The van der Waals surface area contributed by atoms with Crippen LogP contribution in [0.1, 0.15) is 36.8 Å². The van der Waals surface area contributed by atoms with Crippen LogP contribution >= 0.6 is 11.3 Å². The van der Waals surface area contributed by atoms with Gasteiger partial charge in [0, 0.05) is 10.1 Å². The van der Waals surface area contributed by atoms with Crippen molar-refractivity contribution < 1.29 is 4.74 Å². The molecule has 0 bridgehead atoms. The molecule has 116 valence electrons. The largest absolute Gasteiger partial charge is 0.486 e. The number of nitriles is 1. The SMILES string of the molecule is CC(C)(C)c1ccc(COc2c(C#N)sc3ccccc23)cc1. The van der Waals surface area contributed by atoms with Crippen molar-refractivity contribution in [3.63, 3.8) is 0 Å². The first-order valence-corrected chi connectivity index (χ1v) is 8.44. The van der Waals surface area contributed by atoms with Crippen molar-refractivity contribution in [2.45, 2.75) is 32.8 Å². The van der Waals surface area contributed by atoms with Crippen molar-refractivity contribution in [1.29, 1.82) is 5.26 Å². The van der Waals surface area contributed by atoms with E-state index in [1.54, 1.807) is 0 Å². The summed E-state index contributed by atoms with van der Waals surface area (Å²) in [6.07, 6.45) is 0. The monoisotopic (exact) mass is 321 g/mol. The van der Waals surface area contributed by atoms with Crippen molar-refractivity contribution >= 4 is 21.4 Å². The van der Waals surface area contributed by atoms with Gasteiger partial charge in [0.1, 0.15) is 17.6 Å². The van der Waals surface area contributed by atoms with E-state index >= 15 is 0 Å². The van der Waals surface area contributed by atoms with E-state index in [2.05, 4.69) is 51.1 Å². The number of hydrogen-bond acceptors (Lipinski definition) is 3. The summed E-state index contributed by atoms with van der Waals surface area (Å²) in [7, 11) is 0. The molecule has 0 aliphatic rings. The van der Waals surface area contributed by atoms with Crippen LogP contribution in [0.2, 0.25) is 0 Å². The van der Waals surface area contributed by atoms with Gasteiger partial charge in [-0.1, -0.05) is 57.2 Å². The van der Waals surface area contributed by atoms with Gasteiger partial charge in [0.25, 0.3) is 0 Å². The fourth-order valence-corrected chi connectivity index (χ4v) is 3.44. The molecule has 0 atom stereocenters. The van der Waals surface area contributed by atoms with Crippen LogP contribution in [0.15, 0.2) is 48.5 Å². The average Bonchev–Trinajstić information content (AvgIpc) is 2.90. The number of hydrogen-bond donors (Lipinski definition) is 0. The highest BCUT2D eigenvalue weighted by molar-refractivity contribution is 7.20. The van der Waals surface area contributed by atoms with E-state index in [0.29, 0.717) is 17.2 Å². The summed E-state index contributed by atoms with van der Waals surface area (Å²) in [5.74, 6) is 0.702. The maximum absolute atomic E-state index is 9.32. The van der Waals surface area contributed by atoms with Crippen LogP contribution < -0.4 is 4.74 Å². The zero-order valence-corrected chi connectivity index (χ0v) is 14.4. The lowest BCUT2D eigenvalue weighted by atomic mass is 9.87. The lowest BCUT2D eigenvalue weighted by molar-refractivity contribution is 0.310. The molecule has 0 spiro atoms. The van der Waals surface area contributed by atoms with Gasteiger partial charge >= 0.3 is 0 Å². The Balaban J connectivity index is 1.82. The standard InChI is InChI=1S/C20H19NOS/c1-20(2,3)15-10-8-14(9-11-15)13-22-19-16-6-4-5-7-17(16)23-18(19)12-21/h4-11H,13H2,1-3H3. The molecule has 1 heterocycles. The minimum Gasteiger partial charge on any atom is -0.486 e. The Hall–Kier alpha value is -2.31. The molecule has 0 amide bonds. The van der Waals surface area contributed by atoms with Crippen molar-refractivity contribution in [3.05, 3.63) is 64.5 Å². The molecule has 0 unspecified atom stereocenters. The van der Waals surface area contributed by atoms with Gasteiger partial charge in [0.15, 0.2) is 5.75 Å². The first-order valence-electron chi connectivity index (χ1n) is 7.63. The van der Waals surface area contributed by atoms with E-state index in [0.717, 1.165) is 15.6 Å². The van der Waals surface area contributed by atoms with E-state index in [9.17, 15) is 5.26 Å². The normalized spacial score (nSPS) is 11.4. The number of ether oxygens (including phenoxy) is 1. The molecule has 2 nitrogen and oxygen atoms in total. The molecule has 0 fully saturated rings. The van der Waals surface area contributed by atoms with Gasteiger partial charge in [-0.05, 0) is 28.7 Å². The number of thiophene rings is 1. The van der Waals surface area contributed by atoms with Gasteiger partial charge in [-0.3, -0.25) is 0 Å². The summed E-state index contributed by atoms with van der Waals surface area (Å²) in [5, 5.41) is 10.3. The Bertz CT molecular complexity index is 863. The van der Waals surface area contributed by atoms with Crippen LogP contribution in [-0.2, 0) is 12.0 Å². The molecule has 0 radical (unpaired) electrons. The van der Waals surface area contributed by atoms with Crippen LogP contribution in [0.5, 0.6) is 5.75 Å². The minimum atomic E-state index is 0.150. The summed E-state index contributed by atoms with van der Waals surface area (Å²) in [6.45, 7) is 7.08. The Morgan fingerprint density at radius 3 is 2.39 bits per heavy atom. The zero-order valence-electron chi connectivity index (χ0n) is 13.6. The van der Waals surface area contributed by atoms with Crippen LogP contribution in [-0.4, -0.2) is 0 Å². The molecule has 0 aliphatic carbocycles. The molecular formula is C20H19NOS. The molecule has 23 heavy (non-hydrogen) atoms. The van der Waals surface area contributed by atoms with E-state index in [1.807, 2.05) is 24.3 Å². The van der Waals surface area contributed by atoms with Gasteiger partial charge in [0.05, 0.1) is 0 Å². The van der Waals surface area contributed by atoms with E-state index in [1.165, 1.54) is 16.9 Å². The smallest absolute Gasteiger partial charge is 0.156 e. The summed E-state index contributed by atoms with van der Waals surface area (Å²) < 4.78 is 7.07. The van der Waals surface area contributed by atoms with E-state index in [4.69, 9.17) is 4.74 Å². The van der Waals surface area contributed by atoms with Crippen LogP contribution in [0.25, 0.3) is 10.1 Å². The molecule has 3 rings (SSSR count). The minimum absolute atomic E-state index is 0.150. The first-order chi connectivity index (χ1) is 11.0. The summed E-state index contributed by atoms with van der Waals surface area (Å²) >= 11 is 1.48. The maximum Gasteiger partial charge on any atom is 0.156 e. The molecule has 3 aromatic rings. The maximum atomic E-state index is 9.32. The third-order valence-corrected chi connectivity index (χ3v) is 4.91. The highest BCUT2D eigenvalue weighted by Gasteiger charge is 2.14. The highest BCUT2D eigenvalue weighted by Crippen LogP contribution is 2.37. The van der Waals surface area contributed by atoms with E-state index in [-0.39, 0.29) is 5.41 Å². The molecular weight excluding hydrogens is 302 g/mol. The Morgan fingerprint density at radius 1 is 1.04 bits per heavy atom. The van der Waals surface area contributed by atoms with Crippen molar-refractivity contribution in [3.8, 4) is 11.8 Å². The second kappa shape index (κ2) is 6.06. The van der Waals surface area contributed by atoms with Gasteiger partial charge in [0.2, 0.25) is 0 Å². The summed E-state index contributed by atoms with van der Waals surface area (Å²) in [4.78, 5) is 0.637. The third-order valence-electron chi connectivity index (χ3n) is 3.85. The molecule has 0 N–H and O–H groups in total. The lowest BCUT2D eigenvalue weighted by Gasteiger charge is -2.19. The van der Waals surface area contributed by atoms with Crippen LogP contribution in [0.4, 0.5) is 0 Å². The predicted octanol–water partition coefficient (Wildman–Crippen LogP) is 5.65. The van der Waals surface area contributed by atoms with Crippen molar-refractivity contribution in [2.75, 3.05) is 0 Å². The van der Waals surface area contributed by atoms with Crippen LogP contribution in [0, 0.1) is 11.3 Å². The van der Waals surface area contributed by atoms with Gasteiger partial charge in [-0.25, -0.2) is 0 Å². The topological polar surface area (TPSA) is 33.0 Å². The Kier molecular flexibility index (Phi) is 4.11. The van der Waals surface area contributed by atoms with Crippen molar-refractivity contribution in [1.82, 2.24) is 0 Å². The van der Waals surface area contributed by atoms with E-state index < -0.39 is 0 Å². The zero-order chi connectivity index (χ0) is 16.4. The second-order valence-corrected chi connectivity index (χ2v) is 7.66. The van der Waals surface area contributed by atoms with Crippen LogP contribution in [0.3, 0.4) is 0 Å². The predicted molar refractivity (Wildman–Crippen MR) is 96.0 cm³/mol. The molecule has 0 aliphatic heterocycles.